The molecule has 8 nitrogen and oxygen atoms in total. The van der Waals surface area contributed by atoms with E-state index in [9.17, 15) is 9.59 Å². The third-order valence-electron chi connectivity index (χ3n) is 4.29. The Bertz CT molecular complexity index is 898. The zero-order valence-electron chi connectivity index (χ0n) is 12.6. The number of aromatic amines is 1. The number of hydrogen-bond donors (Lipinski definition) is 2. The first kappa shape index (κ1) is 13.5. The summed E-state index contributed by atoms with van der Waals surface area (Å²) < 4.78 is 0. The number of fused-ring (bicyclic) bond motifs is 2. The molecule has 0 radical (unpaired) electrons. The average molecular weight is 310 g/mol. The van der Waals surface area contributed by atoms with Crippen molar-refractivity contribution >= 4 is 35.0 Å². The molecule has 1 aromatic carbocycles. The van der Waals surface area contributed by atoms with Gasteiger partial charge in [0.25, 0.3) is 5.91 Å². The van der Waals surface area contributed by atoms with Crippen molar-refractivity contribution in [3.63, 3.8) is 0 Å². The number of likely N-dealkylation sites (N-methyl/N-ethyl adjacent to an activating group) is 2. The minimum Gasteiger partial charge on any atom is -0.361 e. The number of urea groups is 1. The molecule has 116 valence electrons. The topological polar surface area (TPSA) is 93.2 Å². The van der Waals surface area contributed by atoms with Crippen molar-refractivity contribution in [1.82, 2.24) is 20.2 Å². The lowest BCUT2D eigenvalue weighted by Crippen LogP contribution is -2.65. The van der Waals surface area contributed by atoms with Gasteiger partial charge in [-0.2, -0.15) is 5.10 Å². The number of aliphatic imine (C=N–C) groups is 1. The number of hydrogen-bond acceptors (Lipinski definition) is 5. The summed E-state index contributed by atoms with van der Waals surface area (Å²) in [6.07, 6.45) is 3.12. The molecule has 23 heavy (non-hydrogen) atoms. The average Bonchev–Trinajstić information content (AvgIpc) is 3.02. The lowest BCUT2D eigenvalue weighted by atomic mass is 9.85. The van der Waals surface area contributed by atoms with Gasteiger partial charge in [-0.05, 0) is 6.07 Å². The number of carbonyl (C=O) groups excluding carboxylic acids is 2. The molecule has 1 unspecified atom stereocenters. The number of H-pyrrole nitrogens is 1. The largest absolute Gasteiger partial charge is 0.361 e. The van der Waals surface area contributed by atoms with Gasteiger partial charge in [0, 0.05) is 36.8 Å². The lowest BCUT2D eigenvalue weighted by Gasteiger charge is -2.42. The van der Waals surface area contributed by atoms with Crippen LogP contribution >= 0.6 is 0 Å². The Hall–Kier alpha value is -3.16. The molecule has 0 saturated carbocycles. The Morgan fingerprint density at radius 3 is 2.74 bits per heavy atom. The molecule has 0 spiro atoms. The number of para-hydroxylation sites is 1. The molecular weight excluding hydrogens is 296 g/mol. The summed E-state index contributed by atoms with van der Waals surface area (Å²) >= 11 is 0. The van der Waals surface area contributed by atoms with Gasteiger partial charge in [0.2, 0.25) is 5.54 Å². The molecule has 1 fully saturated rings. The van der Waals surface area contributed by atoms with Gasteiger partial charge in [-0.15, -0.1) is 0 Å². The van der Waals surface area contributed by atoms with E-state index >= 15 is 0 Å². The molecule has 0 aliphatic carbocycles. The molecule has 2 aromatic rings. The Morgan fingerprint density at radius 1 is 1.13 bits per heavy atom. The van der Waals surface area contributed by atoms with Crippen molar-refractivity contribution in [3.05, 3.63) is 36.0 Å². The standard InChI is InChI=1S/C15H14N6O2/c1-20-12-15(17-8-18-19-12,13(22)21(2)14(20)23)10-7-16-11-6-4-3-5-9(10)11/h3-8,16H,1-2H3,(H,17,18). The van der Waals surface area contributed by atoms with E-state index in [0.29, 0.717) is 5.56 Å². The van der Waals surface area contributed by atoms with Crippen LogP contribution in [0.2, 0.25) is 0 Å². The quantitative estimate of drug-likeness (QED) is 0.817. The van der Waals surface area contributed by atoms with Crippen LogP contribution in [0.5, 0.6) is 0 Å². The molecule has 4 rings (SSSR count). The summed E-state index contributed by atoms with van der Waals surface area (Å²) in [7, 11) is 3.03. The second kappa shape index (κ2) is 4.42. The number of imide groups is 1. The van der Waals surface area contributed by atoms with Gasteiger partial charge in [0.05, 0.1) is 0 Å². The number of nitrogens with zero attached hydrogens (tertiary/aromatic N) is 4. The zero-order chi connectivity index (χ0) is 16.2. The van der Waals surface area contributed by atoms with E-state index in [1.807, 2.05) is 24.3 Å². The molecule has 1 atom stereocenters. The SMILES string of the molecule is CN1C(=O)N(C)C2=NNC=NC2(c2c[nH]c3ccccc23)C1=O. The van der Waals surface area contributed by atoms with Gasteiger partial charge < -0.3 is 4.98 Å². The highest BCUT2D eigenvalue weighted by Crippen LogP contribution is 2.39. The van der Waals surface area contributed by atoms with Crippen LogP contribution in [-0.4, -0.2) is 53.0 Å². The normalized spacial score (nSPS) is 23.8. The second-order valence-corrected chi connectivity index (χ2v) is 5.49. The maximum Gasteiger partial charge on any atom is 0.331 e. The summed E-state index contributed by atoms with van der Waals surface area (Å²) in [6.45, 7) is 0. The predicted octanol–water partition coefficient (Wildman–Crippen LogP) is 0.832. The maximum atomic E-state index is 13.0. The van der Waals surface area contributed by atoms with E-state index in [2.05, 4.69) is 20.5 Å². The van der Waals surface area contributed by atoms with Crippen molar-refractivity contribution in [3.8, 4) is 0 Å². The Morgan fingerprint density at radius 2 is 1.91 bits per heavy atom. The Labute approximate surface area is 131 Å². The highest BCUT2D eigenvalue weighted by molar-refractivity contribution is 6.26. The van der Waals surface area contributed by atoms with Crippen molar-refractivity contribution in [2.75, 3.05) is 14.1 Å². The molecule has 8 heteroatoms. The van der Waals surface area contributed by atoms with Gasteiger partial charge in [-0.3, -0.25) is 20.0 Å². The Balaban J connectivity index is 2.04. The van der Waals surface area contributed by atoms with Crippen LogP contribution in [0.15, 0.2) is 40.6 Å². The highest BCUT2D eigenvalue weighted by Gasteiger charge is 2.57. The molecular formula is C15H14N6O2. The zero-order valence-corrected chi connectivity index (χ0v) is 12.6. The van der Waals surface area contributed by atoms with Gasteiger partial charge in [0.15, 0.2) is 5.84 Å². The third-order valence-corrected chi connectivity index (χ3v) is 4.29. The van der Waals surface area contributed by atoms with Crippen LogP contribution in [0.4, 0.5) is 4.79 Å². The fourth-order valence-corrected chi connectivity index (χ4v) is 3.14. The number of nitrogens with one attached hydrogen (secondary N) is 2. The monoisotopic (exact) mass is 310 g/mol. The van der Waals surface area contributed by atoms with Crippen molar-refractivity contribution in [1.29, 1.82) is 0 Å². The first-order chi connectivity index (χ1) is 11.1. The first-order valence-corrected chi connectivity index (χ1v) is 7.07. The fourth-order valence-electron chi connectivity index (χ4n) is 3.14. The number of amides is 3. The predicted molar refractivity (Wildman–Crippen MR) is 85.0 cm³/mol. The summed E-state index contributed by atoms with van der Waals surface area (Å²) in [5.74, 6) is -0.167. The van der Waals surface area contributed by atoms with Crippen molar-refractivity contribution in [2.24, 2.45) is 10.1 Å². The molecule has 0 bridgehead atoms. The molecule has 2 aliphatic heterocycles. The van der Waals surface area contributed by atoms with E-state index in [1.54, 1.807) is 13.2 Å². The van der Waals surface area contributed by atoms with Crippen LogP contribution in [0.1, 0.15) is 5.56 Å². The second-order valence-electron chi connectivity index (χ2n) is 5.49. The Kier molecular flexibility index (Phi) is 2.59. The smallest absolute Gasteiger partial charge is 0.331 e. The van der Waals surface area contributed by atoms with Gasteiger partial charge in [-0.1, -0.05) is 18.2 Å². The lowest BCUT2D eigenvalue weighted by molar-refractivity contribution is -0.132. The number of benzene rings is 1. The van der Waals surface area contributed by atoms with E-state index < -0.39 is 17.5 Å². The van der Waals surface area contributed by atoms with E-state index in [4.69, 9.17) is 0 Å². The van der Waals surface area contributed by atoms with Crippen molar-refractivity contribution in [2.45, 2.75) is 5.54 Å². The minimum atomic E-state index is -1.37. The van der Waals surface area contributed by atoms with Gasteiger partial charge >= 0.3 is 6.03 Å². The number of rotatable bonds is 1. The molecule has 3 heterocycles. The highest BCUT2D eigenvalue weighted by atomic mass is 16.2. The summed E-state index contributed by atoms with van der Waals surface area (Å²) in [4.78, 5) is 35.2. The van der Waals surface area contributed by atoms with Crippen LogP contribution in [0, 0.1) is 0 Å². The summed E-state index contributed by atoms with van der Waals surface area (Å²) in [5.41, 5.74) is 2.81. The summed E-state index contributed by atoms with van der Waals surface area (Å²) in [6, 6.07) is 7.19. The molecule has 2 N–H and O–H groups in total. The van der Waals surface area contributed by atoms with E-state index in [-0.39, 0.29) is 5.84 Å². The third kappa shape index (κ3) is 1.54. The van der Waals surface area contributed by atoms with Crippen LogP contribution in [-0.2, 0) is 10.3 Å². The van der Waals surface area contributed by atoms with Crippen LogP contribution in [0.25, 0.3) is 10.9 Å². The van der Waals surface area contributed by atoms with E-state index in [1.165, 1.54) is 18.3 Å². The number of hydrazone groups is 1. The maximum absolute atomic E-state index is 13.0. The van der Waals surface area contributed by atoms with Crippen LogP contribution < -0.4 is 5.43 Å². The van der Waals surface area contributed by atoms with Crippen molar-refractivity contribution < 1.29 is 9.59 Å². The van der Waals surface area contributed by atoms with Crippen LogP contribution in [0.3, 0.4) is 0 Å². The number of amidine groups is 1. The molecule has 1 saturated heterocycles. The van der Waals surface area contributed by atoms with E-state index in [0.717, 1.165) is 15.8 Å². The molecule has 3 amide bonds. The first-order valence-electron chi connectivity index (χ1n) is 7.07. The summed E-state index contributed by atoms with van der Waals surface area (Å²) in [5, 5.41) is 5.03. The molecule has 1 aromatic heterocycles. The number of carbonyl (C=O) groups is 2. The van der Waals surface area contributed by atoms with Gasteiger partial charge in [0.1, 0.15) is 6.34 Å². The van der Waals surface area contributed by atoms with Gasteiger partial charge in [-0.25, -0.2) is 9.79 Å². The minimum absolute atomic E-state index is 0.262. The number of aromatic nitrogens is 1. The molecule has 2 aliphatic rings. The fraction of sp³-hybridized carbons (Fsp3) is 0.200.